The molecule has 5 heterocycles. The molecule has 5 rings (SSSR count). The van der Waals surface area contributed by atoms with Gasteiger partial charge in [-0.1, -0.05) is 5.16 Å². The molecule has 1 aliphatic rings. The summed E-state index contributed by atoms with van der Waals surface area (Å²) in [6.07, 6.45) is 4.93. The molecular formula is C25H31N9O5. The van der Waals surface area contributed by atoms with Crippen LogP contribution in [0.2, 0.25) is 0 Å². The Morgan fingerprint density at radius 1 is 1.00 bits per heavy atom. The Bertz CT molecular complexity index is 1360. The number of aromatic nitrogens is 7. The number of aryl methyl sites for hydroxylation is 1. The maximum absolute atomic E-state index is 5.84. The van der Waals surface area contributed by atoms with E-state index in [2.05, 4.69) is 40.5 Å². The first kappa shape index (κ1) is 26.3. The van der Waals surface area contributed by atoms with Gasteiger partial charge in [0.1, 0.15) is 24.7 Å². The van der Waals surface area contributed by atoms with Gasteiger partial charge in [-0.05, 0) is 19.8 Å². The number of methoxy groups -OCH3 is 2. The van der Waals surface area contributed by atoms with Gasteiger partial charge < -0.3 is 33.7 Å². The Morgan fingerprint density at radius 3 is 2.62 bits per heavy atom. The van der Waals surface area contributed by atoms with Gasteiger partial charge >= 0.3 is 0 Å². The first-order valence-electron chi connectivity index (χ1n) is 12.6. The molecule has 0 amide bonds. The van der Waals surface area contributed by atoms with Gasteiger partial charge in [0.15, 0.2) is 17.3 Å². The van der Waals surface area contributed by atoms with E-state index in [9.17, 15) is 0 Å². The van der Waals surface area contributed by atoms with Gasteiger partial charge in [0.25, 0.3) is 0 Å². The van der Waals surface area contributed by atoms with Crippen LogP contribution in [-0.2, 0) is 9.47 Å². The summed E-state index contributed by atoms with van der Waals surface area (Å²) in [5.74, 6) is 3.16. The molecule has 2 N–H and O–H groups in total. The van der Waals surface area contributed by atoms with E-state index in [0.29, 0.717) is 72.9 Å². The summed E-state index contributed by atoms with van der Waals surface area (Å²) in [4.78, 5) is 20.2. The van der Waals surface area contributed by atoms with Gasteiger partial charge in [0.05, 0.1) is 19.3 Å². The molecule has 0 radical (unpaired) electrons. The van der Waals surface area contributed by atoms with Crippen LogP contribution in [0.4, 0.5) is 17.6 Å². The average molecular weight is 538 g/mol. The molecule has 0 aliphatic carbocycles. The van der Waals surface area contributed by atoms with Crippen molar-refractivity contribution in [3.63, 3.8) is 0 Å². The average Bonchev–Trinajstić information content (AvgIpc) is 3.70. The second kappa shape index (κ2) is 12.5. The molecule has 4 aromatic heterocycles. The highest BCUT2D eigenvalue weighted by Crippen LogP contribution is 2.38. The van der Waals surface area contributed by atoms with Crippen molar-refractivity contribution in [2.24, 2.45) is 0 Å². The fraction of sp³-hybridized carbons (Fsp3) is 0.440. The molecule has 206 valence electrons. The fourth-order valence-corrected chi connectivity index (χ4v) is 4.21. The Labute approximate surface area is 225 Å². The van der Waals surface area contributed by atoms with E-state index < -0.39 is 0 Å². The quantitative estimate of drug-likeness (QED) is 0.240. The van der Waals surface area contributed by atoms with Gasteiger partial charge in [-0.2, -0.15) is 15.1 Å². The molecule has 0 bridgehead atoms. The monoisotopic (exact) mass is 537 g/mol. The minimum Gasteiger partial charge on any atom is -0.475 e. The van der Waals surface area contributed by atoms with E-state index in [4.69, 9.17) is 28.5 Å². The van der Waals surface area contributed by atoms with E-state index >= 15 is 0 Å². The highest BCUT2D eigenvalue weighted by atomic mass is 16.5. The Morgan fingerprint density at radius 2 is 1.82 bits per heavy atom. The van der Waals surface area contributed by atoms with Crippen LogP contribution in [0.3, 0.4) is 0 Å². The lowest BCUT2D eigenvalue weighted by molar-refractivity contribution is 0.143. The number of H-pyrrole nitrogens is 1. The van der Waals surface area contributed by atoms with Crippen LogP contribution in [0.5, 0.6) is 11.8 Å². The third kappa shape index (κ3) is 6.41. The maximum Gasteiger partial charge on any atom is 0.242 e. The molecular weight excluding hydrogens is 506 g/mol. The highest BCUT2D eigenvalue weighted by molar-refractivity contribution is 5.60. The predicted molar refractivity (Wildman–Crippen MR) is 140 cm³/mol. The molecule has 1 atom stereocenters. The second-order valence-electron chi connectivity index (χ2n) is 8.81. The van der Waals surface area contributed by atoms with Crippen molar-refractivity contribution in [1.29, 1.82) is 0 Å². The number of ether oxygens (including phenoxy) is 4. The van der Waals surface area contributed by atoms with E-state index in [0.717, 1.165) is 25.1 Å². The molecule has 14 nitrogen and oxygen atoms in total. The van der Waals surface area contributed by atoms with Gasteiger partial charge in [0.2, 0.25) is 17.7 Å². The number of nitrogens with one attached hydrogen (secondary N) is 2. The molecule has 39 heavy (non-hydrogen) atoms. The zero-order chi connectivity index (χ0) is 27.0. The van der Waals surface area contributed by atoms with Crippen molar-refractivity contribution in [2.75, 3.05) is 57.4 Å². The lowest BCUT2D eigenvalue weighted by atomic mass is 10.1. The first-order chi connectivity index (χ1) is 19.1. The van der Waals surface area contributed by atoms with Crippen molar-refractivity contribution in [3.8, 4) is 23.1 Å². The van der Waals surface area contributed by atoms with Gasteiger partial charge in [0, 0.05) is 57.1 Å². The van der Waals surface area contributed by atoms with Gasteiger partial charge in [-0.25, -0.2) is 9.97 Å². The van der Waals surface area contributed by atoms with E-state index in [1.807, 2.05) is 19.1 Å². The van der Waals surface area contributed by atoms with Crippen LogP contribution in [0, 0.1) is 6.92 Å². The van der Waals surface area contributed by atoms with Crippen molar-refractivity contribution < 1.29 is 23.5 Å². The van der Waals surface area contributed by atoms with Crippen LogP contribution < -0.4 is 19.7 Å². The van der Waals surface area contributed by atoms with E-state index in [1.54, 1.807) is 32.7 Å². The fourth-order valence-electron chi connectivity index (χ4n) is 4.21. The Kier molecular flexibility index (Phi) is 8.43. The lowest BCUT2D eigenvalue weighted by Crippen LogP contribution is -2.25. The third-order valence-corrected chi connectivity index (χ3v) is 5.99. The second-order valence-corrected chi connectivity index (χ2v) is 8.81. The van der Waals surface area contributed by atoms with Crippen LogP contribution in [-0.4, -0.2) is 82.5 Å². The topological polar surface area (TPSA) is 158 Å². The van der Waals surface area contributed by atoms with E-state index in [-0.39, 0.29) is 6.04 Å². The zero-order valence-electron chi connectivity index (χ0n) is 22.1. The van der Waals surface area contributed by atoms with Crippen LogP contribution in [0.1, 0.15) is 30.3 Å². The van der Waals surface area contributed by atoms with Crippen molar-refractivity contribution in [1.82, 2.24) is 35.3 Å². The lowest BCUT2D eigenvalue weighted by Gasteiger charge is -2.23. The summed E-state index contributed by atoms with van der Waals surface area (Å²) in [5.41, 5.74) is 1.96. The summed E-state index contributed by atoms with van der Waals surface area (Å²) in [6.45, 7) is 4.24. The highest BCUT2D eigenvalue weighted by Gasteiger charge is 2.32. The Balaban J connectivity index is 1.40. The first-order valence-corrected chi connectivity index (χ1v) is 12.6. The Hall–Kier alpha value is -4.30. The van der Waals surface area contributed by atoms with Crippen LogP contribution in [0.25, 0.3) is 11.4 Å². The van der Waals surface area contributed by atoms with Gasteiger partial charge in [-0.3, -0.25) is 5.10 Å². The number of hydrogen-bond donors (Lipinski definition) is 2. The summed E-state index contributed by atoms with van der Waals surface area (Å²) in [5, 5.41) is 14.7. The van der Waals surface area contributed by atoms with E-state index in [1.165, 1.54) is 0 Å². The summed E-state index contributed by atoms with van der Waals surface area (Å²) < 4.78 is 27.6. The molecule has 14 heteroatoms. The summed E-state index contributed by atoms with van der Waals surface area (Å²) in [7, 11) is 3.23. The van der Waals surface area contributed by atoms with Crippen LogP contribution in [0.15, 0.2) is 35.1 Å². The van der Waals surface area contributed by atoms with Gasteiger partial charge in [-0.15, -0.1) is 0 Å². The molecule has 1 saturated heterocycles. The number of nitrogens with zero attached hydrogens (tertiary/aromatic N) is 7. The number of hydrogen-bond acceptors (Lipinski definition) is 13. The molecule has 0 aromatic carbocycles. The van der Waals surface area contributed by atoms with Crippen molar-refractivity contribution in [3.05, 3.63) is 42.0 Å². The molecule has 0 spiro atoms. The molecule has 1 aliphatic heterocycles. The smallest absolute Gasteiger partial charge is 0.242 e. The van der Waals surface area contributed by atoms with Crippen molar-refractivity contribution >= 4 is 17.6 Å². The predicted octanol–water partition coefficient (Wildman–Crippen LogP) is 3.09. The third-order valence-electron chi connectivity index (χ3n) is 5.99. The summed E-state index contributed by atoms with van der Waals surface area (Å²) in [6, 6.07) is 5.36. The number of rotatable bonds is 13. The van der Waals surface area contributed by atoms with Crippen molar-refractivity contribution in [2.45, 2.75) is 25.8 Å². The molecule has 1 fully saturated rings. The normalized spacial score (nSPS) is 15.1. The summed E-state index contributed by atoms with van der Waals surface area (Å²) >= 11 is 0. The minimum atomic E-state index is -0.129. The van der Waals surface area contributed by atoms with Crippen LogP contribution >= 0.6 is 0 Å². The number of aromatic amines is 1. The number of anilines is 3. The molecule has 0 saturated carbocycles. The molecule has 1 unspecified atom stereocenters. The largest absolute Gasteiger partial charge is 0.475 e. The minimum absolute atomic E-state index is 0.129. The molecule has 4 aromatic rings. The zero-order valence-corrected chi connectivity index (χ0v) is 22.1. The SMILES string of the molecule is COCCOc1cc(Nc2cc(C)[nH]n2)nc(N2CCCC2c2cc(-c3nccnc3OCCOC)no2)n1. The standard InChI is InChI=1S/C25H31N9O5/c1-16-13-21(32-31-16)28-20-15-22(37-11-9-35-2)30-25(29-20)34-8-4-5-18(34)19-14-17(33-39-19)23-24(27-7-6-26-23)38-12-10-36-3/h6-7,13-15,18H,4-5,8-12H2,1-3H3,(H2,28,29,30,31,32). The maximum atomic E-state index is 5.84.